The lowest BCUT2D eigenvalue weighted by Gasteiger charge is -2.45. The predicted molar refractivity (Wildman–Crippen MR) is 432 cm³/mol. The van der Waals surface area contributed by atoms with Crippen LogP contribution in [-0.4, -0.2) is 117 Å². The fraction of sp³-hybridized carbons (Fsp3) is 0.659. The Morgan fingerprint density at radius 3 is 0.941 bits per heavy atom. The van der Waals surface area contributed by atoms with Gasteiger partial charge in [0.15, 0.2) is 0 Å². The van der Waals surface area contributed by atoms with Crippen molar-refractivity contribution in [3.05, 3.63) is 146 Å². The first-order valence-electron chi connectivity index (χ1n) is 40.2. The highest BCUT2D eigenvalue weighted by molar-refractivity contribution is 7.00. The maximum absolute atomic E-state index is 12.2. The van der Waals surface area contributed by atoms with E-state index in [1.807, 2.05) is 12.2 Å². The Morgan fingerprint density at radius 2 is 0.644 bits per heavy atom. The number of carboxylic acids is 1. The zero-order valence-corrected chi connectivity index (χ0v) is 67.7. The second-order valence-corrected chi connectivity index (χ2v) is 38.1. The number of benzene rings is 4. The molecule has 13 heteroatoms. The molecular weight excluding hydrogens is 1290 g/mol. The topological polar surface area (TPSA) is 139 Å². The van der Waals surface area contributed by atoms with Crippen molar-refractivity contribution in [1.29, 1.82) is 0 Å². The standard InChI is InChI=1S/C44H72O5Si.C33H52O5Si.C11H22O/c1-6-8-10-12-14-15-16-18-29-37-48-43(45)34-26-21-28-36-47-39-40(38-46-35-27-17-13-11-9-7-2)49-50(44(3,4)5,41-30-22-19-23-31-41)42-32-24-20-25-33-42;1-5-6-7-8-9-18-25-36-27-29(28-37-26-19-12-17-24-32(34)35)38-39(33(2,3)4,30-20-13-10-14-21-30)31-22-15-11-16-23-31;1-2-3-4-5-6-7-8-9-10-11-12/h18-20,22-25,29-33,40H,6-17,21,26-28,34-39H2,1-5H3;10-11,13-16,20-23,29H,5-9,12,17-19,24-28H2,1-4H3,(H,34,35);9-10,12H,2-8,11H2,1H3/b29-18-;;10-9-. The summed E-state index contributed by atoms with van der Waals surface area (Å²) in [6, 6.07) is 43.0. The van der Waals surface area contributed by atoms with E-state index in [0.717, 1.165) is 71.0 Å². The van der Waals surface area contributed by atoms with Crippen LogP contribution in [0.25, 0.3) is 0 Å². The minimum atomic E-state index is -2.74. The number of carboxylic acid groups (broad SMARTS) is 1. The Kier molecular flexibility index (Phi) is 55.6. The number of hydrogen-bond acceptors (Lipinski definition) is 10. The third kappa shape index (κ3) is 42.3. The van der Waals surface area contributed by atoms with E-state index in [4.69, 9.17) is 42.7 Å². The zero-order chi connectivity index (χ0) is 73.7. The van der Waals surface area contributed by atoms with Crippen LogP contribution in [0.15, 0.2) is 146 Å². The number of ether oxygens (including phenoxy) is 5. The summed E-state index contributed by atoms with van der Waals surface area (Å²) in [7, 11) is -5.46. The molecule has 0 saturated carbocycles. The SMILES string of the molecule is CCCCCCCC/C=C\CO.CCCCCCCC/C=C\COC(=O)CCCCCOCC(COCCCCCCCC)O[Si](c1ccccc1)(c1ccccc1)C(C)(C)C.CCCCCCCCOCC(COCCCCCC(=O)O)O[Si](c1ccccc1)(c1ccccc1)C(C)(C)C. The molecule has 4 aromatic carbocycles. The third-order valence-electron chi connectivity index (χ3n) is 18.6. The molecular formula is C88H146O11Si2. The van der Waals surface area contributed by atoms with Gasteiger partial charge < -0.3 is 42.7 Å². The highest BCUT2D eigenvalue weighted by Crippen LogP contribution is 2.39. The minimum Gasteiger partial charge on any atom is -0.481 e. The minimum absolute atomic E-state index is 0.114. The van der Waals surface area contributed by atoms with E-state index >= 15 is 0 Å². The first-order chi connectivity index (χ1) is 49.1. The van der Waals surface area contributed by atoms with E-state index in [0.29, 0.717) is 59.1 Å². The van der Waals surface area contributed by atoms with Crippen LogP contribution in [-0.2, 0) is 42.1 Å². The number of allylic oxidation sites excluding steroid dienone is 2. The molecule has 2 atom stereocenters. The van der Waals surface area contributed by atoms with E-state index in [2.05, 4.69) is 203 Å². The summed E-state index contributed by atoms with van der Waals surface area (Å²) in [6.07, 6.45) is 46.3. The van der Waals surface area contributed by atoms with Gasteiger partial charge in [-0.25, -0.2) is 0 Å². The first-order valence-corrected chi connectivity index (χ1v) is 44.1. The maximum Gasteiger partial charge on any atom is 0.306 e. The largest absolute Gasteiger partial charge is 0.481 e. The smallest absolute Gasteiger partial charge is 0.306 e. The van der Waals surface area contributed by atoms with E-state index in [1.165, 1.54) is 162 Å². The van der Waals surface area contributed by atoms with Gasteiger partial charge in [-0.15, -0.1) is 0 Å². The number of unbranched alkanes of at least 4 members (excludes halogenated alkanes) is 26. The van der Waals surface area contributed by atoms with Crippen LogP contribution in [0.2, 0.25) is 10.1 Å². The van der Waals surface area contributed by atoms with Crippen molar-refractivity contribution >= 4 is 49.3 Å². The van der Waals surface area contributed by atoms with Crippen molar-refractivity contribution in [3.63, 3.8) is 0 Å². The van der Waals surface area contributed by atoms with Gasteiger partial charge in [-0.05, 0) is 95.0 Å². The Balaban J connectivity index is 0.000000601. The lowest BCUT2D eigenvalue weighted by Crippen LogP contribution is -2.68. The van der Waals surface area contributed by atoms with Crippen molar-refractivity contribution < 1.29 is 52.3 Å². The normalized spacial score (nSPS) is 12.7. The average Bonchev–Trinajstić information content (AvgIpc) is 0.755. The lowest BCUT2D eigenvalue weighted by atomic mass is 10.1. The molecule has 0 amide bonds. The second kappa shape index (κ2) is 60.7. The van der Waals surface area contributed by atoms with Gasteiger partial charge in [0.05, 0.1) is 45.2 Å². The molecule has 4 aromatic rings. The number of esters is 1. The maximum atomic E-state index is 12.2. The molecule has 0 bridgehead atoms. The summed E-state index contributed by atoms with van der Waals surface area (Å²) in [4.78, 5) is 23.0. The summed E-state index contributed by atoms with van der Waals surface area (Å²) < 4.78 is 45.0. The number of aliphatic hydroxyl groups excluding tert-OH is 1. The molecule has 0 aliphatic carbocycles. The fourth-order valence-electron chi connectivity index (χ4n) is 12.9. The highest BCUT2D eigenvalue weighted by atomic mass is 28.4. The van der Waals surface area contributed by atoms with Gasteiger partial charge in [-0.1, -0.05) is 356 Å². The first kappa shape index (κ1) is 92.5. The van der Waals surface area contributed by atoms with E-state index in [9.17, 15) is 9.59 Å². The second-order valence-electron chi connectivity index (χ2n) is 29.6. The number of carbonyl (C=O) groups is 2. The van der Waals surface area contributed by atoms with Gasteiger partial charge in [0.25, 0.3) is 16.6 Å². The monoisotopic (exact) mass is 1440 g/mol. The van der Waals surface area contributed by atoms with E-state index in [1.54, 1.807) is 0 Å². The van der Waals surface area contributed by atoms with Crippen LogP contribution in [0, 0.1) is 0 Å². The number of hydrogen-bond donors (Lipinski definition) is 2. The number of rotatable bonds is 59. The molecule has 101 heavy (non-hydrogen) atoms. The molecule has 0 aliphatic rings. The van der Waals surface area contributed by atoms with Crippen LogP contribution in [0.3, 0.4) is 0 Å². The Morgan fingerprint density at radius 1 is 0.366 bits per heavy atom. The third-order valence-corrected chi connectivity index (χ3v) is 28.8. The molecule has 2 N–H and O–H groups in total. The molecule has 0 saturated heterocycles. The molecule has 4 rings (SSSR count). The molecule has 0 heterocycles. The van der Waals surface area contributed by atoms with Gasteiger partial charge in [0.1, 0.15) is 6.61 Å². The fourth-order valence-corrected chi connectivity index (χ4v) is 22.2. The summed E-state index contributed by atoms with van der Waals surface area (Å²) >= 11 is 0. The van der Waals surface area contributed by atoms with Gasteiger partial charge >= 0.3 is 11.9 Å². The summed E-state index contributed by atoms with van der Waals surface area (Å²) in [5.74, 6) is -0.853. The van der Waals surface area contributed by atoms with Crippen molar-refractivity contribution in [2.75, 3.05) is 66.1 Å². The highest BCUT2D eigenvalue weighted by Gasteiger charge is 2.53. The number of carbonyl (C=O) groups excluding carboxylic acids is 1. The number of aliphatic hydroxyl groups is 1. The van der Waals surface area contributed by atoms with Crippen molar-refractivity contribution in [2.45, 2.75) is 310 Å². The van der Waals surface area contributed by atoms with Crippen LogP contribution in [0.1, 0.15) is 288 Å². The molecule has 0 radical (unpaired) electrons. The molecule has 11 nitrogen and oxygen atoms in total. The van der Waals surface area contributed by atoms with Gasteiger partial charge in [0, 0.05) is 39.3 Å². The van der Waals surface area contributed by atoms with Crippen molar-refractivity contribution in [3.8, 4) is 0 Å². The zero-order valence-electron chi connectivity index (χ0n) is 65.7. The van der Waals surface area contributed by atoms with Crippen molar-refractivity contribution in [2.24, 2.45) is 0 Å². The van der Waals surface area contributed by atoms with Gasteiger partial charge in [0.2, 0.25) is 0 Å². The Bertz CT molecular complexity index is 2490. The van der Waals surface area contributed by atoms with Crippen LogP contribution in [0.4, 0.5) is 0 Å². The van der Waals surface area contributed by atoms with E-state index < -0.39 is 22.6 Å². The van der Waals surface area contributed by atoms with Crippen LogP contribution < -0.4 is 20.7 Å². The van der Waals surface area contributed by atoms with Gasteiger partial charge in [-0.3, -0.25) is 9.59 Å². The molecule has 0 aromatic heterocycles. The van der Waals surface area contributed by atoms with Crippen molar-refractivity contribution in [1.82, 2.24) is 0 Å². The summed E-state index contributed by atoms with van der Waals surface area (Å²) in [5, 5.41) is 22.1. The Hall–Kier alpha value is -4.55. The molecule has 572 valence electrons. The van der Waals surface area contributed by atoms with Gasteiger partial charge in [-0.2, -0.15) is 0 Å². The summed E-state index contributed by atoms with van der Waals surface area (Å²) in [6.45, 7) is 28.0. The molecule has 2 unspecified atom stereocenters. The van der Waals surface area contributed by atoms with Crippen LogP contribution in [0.5, 0.6) is 0 Å². The predicted octanol–water partition coefficient (Wildman–Crippen LogP) is 21.0. The lowest BCUT2D eigenvalue weighted by molar-refractivity contribution is -0.142. The molecule has 0 aliphatic heterocycles. The molecule has 0 spiro atoms. The molecule has 0 fully saturated rings. The average molecular weight is 1440 g/mol. The number of aliphatic carboxylic acids is 1. The van der Waals surface area contributed by atoms with Crippen LogP contribution >= 0.6 is 0 Å². The Labute approximate surface area is 619 Å². The van der Waals surface area contributed by atoms with E-state index in [-0.39, 0.29) is 41.3 Å². The quantitative estimate of drug-likeness (QED) is 0.0189. The summed E-state index contributed by atoms with van der Waals surface area (Å²) in [5.41, 5.74) is 0.